The fourth-order valence-corrected chi connectivity index (χ4v) is 2.03. The van der Waals surface area contributed by atoms with Crippen molar-refractivity contribution >= 4 is 5.91 Å². The summed E-state index contributed by atoms with van der Waals surface area (Å²) in [6, 6.07) is 9.56. The van der Waals surface area contributed by atoms with Crippen LogP contribution in [-0.4, -0.2) is 41.7 Å². The SMILES string of the molecule is CC(CCOc1ccccc1)C(=O)N(C)CC(C)(C)O. The van der Waals surface area contributed by atoms with Gasteiger partial charge in [-0.1, -0.05) is 25.1 Å². The number of likely N-dealkylation sites (N-methyl/N-ethyl adjacent to an activating group) is 1. The molecule has 0 aliphatic carbocycles. The Balaban J connectivity index is 2.35. The summed E-state index contributed by atoms with van der Waals surface area (Å²) in [7, 11) is 1.72. The molecular weight excluding hydrogens is 254 g/mol. The zero-order valence-electron chi connectivity index (χ0n) is 12.8. The lowest BCUT2D eigenvalue weighted by Crippen LogP contribution is -2.42. The lowest BCUT2D eigenvalue weighted by molar-refractivity contribution is -0.136. The summed E-state index contributed by atoms with van der Waals surface area (Å²) in [5.74, 6) is 0.729. The van der Waals surface area contributed by atoms with Crippen LogP contribution in [0.3, 0.4) is 0 Å². The number of ether oxygens (including phenoxy) is 1. The number of nitrogens with zero attached hydrogens (tertiary/aromatic N) is 1. The van der Waals surface area contributed by atoms with E-state index in [0.29, 0.717) is 19.6 Å². The zero-order chi connectivity index (χ0) is 15.2. The van der Waals surface area contributed by atoms with E-state index in [4.69, 9.17) is 4.74 Å². The number of benzene rings is 1. The molecule has 1 amide bonds. The van der Waals surface area contributed by atoms with Crippen molar-refractivity contribution in [2.75, 3.05) is 20.2 Å². The second-order valence-electron chi connectivity index (χ2n) is 5.86. The third kappa shape index (κ3) is 6.06. The molecule has 0 spiro atoms. The van der Waals surface area contributed by atoms with Gasteiger partial charge in [0.15, 0.2) is 0 Å². The maximum atomic E-state index is 12.1. The lowest BCUT2D eigenvalue weighted by Gasteiger charge is -2.27. The average molecular weight is 279 g/mol. The first-order chi connectivity index (χ1) is 9.29. The Bertz CT molecular complexity index is 411. The Kier molecular flexibility index (Phi) is 6.02. The number of aliphatic hydroxyl groups is 1. The molecule has 0 aliphatic heterocycles. The number of carbonyl (C=O) groups is 1. The van der Waals surface area contributed by atoms with Crippen LogP contribution in [0.4, 0.5) is 0 Å². The highest BCUT2D eigenvalue weighted by atomic mass is 16.5. The van der Waals surface area contributed by atoms with E-state index in [1.54, 1.807) is 25.8 Å². The van der Waals surface area contributed by atoms with Gasteiger partial charge < -0.3 is 14.7 Å². The van der Waals surface area contributed by atoms with Crippen LogP contribution in [0.5, 0.6) is 5.75 Å². The van der Waals surface area contributed by atoms with Crippen LogP contribution in [0.1, 0.15) is 27.2 Å². The minimum Gasteiger partial charge on any atom is -0.494 e. The highest BCUT2D eigenvalue weighted by Crippen LogP contribution is 2.13. The Labute approximate surface area is 121 Å². The quantitative estimate of drug-likeness (QED) is 0.833. The summed E-state index contributed by atoms with van der Waals surface area (Å²) < 4.78 is 5.59. The largest absolute Gasteiger partial charge is 0.494 e. The number of carbonyl (C=O) groups excluding carboxylic acids is 1. The van der Waals surface area contributed by atoms with Crippen molar-refractivity contribution in [2.45, 2.75) is 32.8 Å². The summed E-state index contributed by atoms with van der Waals surface area (Å²) in [6.45, 7) is 6.11. The molecule has 0 heterocycles. The summed E-state index contributed by atoms with van der Waals surface area (Å²) in [5.41, 5.74) is -0.870. The third-order valence-electron chi connectivity index (χ3n) is 2.98. The number of hydrogen-bond donors (Lipinski definition) is 1. The molecule has 112 valence electrons. The van der Waals surface area contributed by atoms with Gasteiger partial charge in [-0.2, -0.15) is 0 Å². The highest BCUT2D eigenvalue weighted by Gasteiger charge is 2.23. The second kappa shape index (κ2) is 7.29. The van der Waals surface area contributed by atoms with E-state index in [1.807, 2.05) is 37.3 Å². The third-order valence-corrected chi connectivity index (χ3v) is 2.98. The van der Waals surface area contributed by atoms with E-state index < -0.39 is 5.60 Å². The van der Waals surface area contributed by atoms with Gasteiger partial charge in [-0.05, 0) is 32.4 Å². The normalized spacial score (nSPS) is 12.8. The van der Waals surface area contributed by atoms with Crippen molar-refractivity contribution in [1.82, 2.24) is 4.90 Å². The molecule has 1 aromatic rings. The Morgan fingerprint density at radius 2 is 1.95 bits per heavy atom. The fraction of sp³-hybridized carbons (Fsp3) is 0.562. The molecule has 0 bridgehead atoms. The molecule has 1 aromatic carbocycles. The molecule has 0 saturated carbocycles. The Hall–Kier alpha value is -1.55. The molecule has 1 N–H and O–H groups in total. The first-order valence-corrected chi connectivity index (χ1v) is 6.95. The summed E-state index contributed by atoms with van der Waals surface area (Å²) >= 11 is 0. The van der Waals surface area contributed by atoms with E-state index in [9.17, 15) is 9.90 Å². The maximum Gasteiger partial charge on any atom is 0.225 e. The van der Waals surface area contributed by atoms with E-state index in [1.165, 1.54) is 0 Å². The predicted octanol–water partition coefficient (Wildman–Crippen LogP) is 2.32. The first-order valence-electron chi connectivity index (χ1n) is 6.95. The van der Waals surface area contributed by atoms with Crippen LogP contribution in [-0.2, 0) is 4.79 Å². The van der Waals surface area contributed by atoms with Crippen LogP contribution < -0.4 is 4.74 Å². The zero-order valence-corrected chi connectivity index (χ0v) is 12.8. The molecule has 4 nitrogen and oxygen atoms in total. The van der Waals surface area contributed by atoms with Crippen molar-refractivity contribution in [1.29, 1.82) is 0 Å². The van der Waals surface area contributed by atoms with Crippen LogP contribution in [0.2, 0.25) is 0 Å². The molecule has 20 heavy (non-hydrogen) atoms. The van der Waals surface area contributed by atoms with E-state index in [0.717, 1.165) is 5.75 Å². The molecule has 1 unspecified atom stereocenters. The Morgan fingerprint density at radius 3 is 2.50 bits per heavy atom. The van der Waals surface area contributed by atoms with Gasteiger partial charge in [0.2, 0.25) is 5.91 Å². The number of amides is 1. The highest BCUT2D eigenvalue weighted by molar-refractivity contribution is 5.78. The van der Waals surface area contributed by atoms with Gasteiger partial charge in [-0.25, -0.2) is 0 Å². The van der Waals surface area contributed by atoms with Crippen LogP contribution in [0, 0.1) is 5.92 Å². The van der Waals surface area contributed by atoms with Gasteiger partial charge in [-0.15, -0.1) is 0 Å². The van der Waals surface area contributed by atoms with E-state index >= 15 is 0 Å². The minimum atomic E-state index is -0.870. The number of rotatable bonds is 7. The lowest BCUT2D eigenvalue weighted by atomic mass is 10.1. The first kappa shape index (κ1) is 16.5. The monoisotopic (exact) mass is 279 g/mol. The molecule has 0 aliphatic rings. The smallest absolute Gasteiger partial charge is 0.225 e. The van der Waals surface area contributed by atoms with Gasteiger partial charge in [0.25, 0.3) is 0 Å². The van der Waals surface area contributed by atoms with Crippen LogP contribution in [0.15, 0.2) is 30.3 Å². The molecular formula is C16H25NO3. The number of hydrogen-bond acceptors (Lipinski definition) is 3. The molecule has 0 fully saturated rings. The minimum absolute atomic E-state index is 0.0313. The molecule has 1 rings (SSSR count). The van der Waals surface area contributed by atoms with Crippen molar-refractivity contribution in [3.05, 3.63) is 30.3 Å². The standard InChI is InChI=1S/C16H25NO3/c1-13(15(18)17(4)12-16(2,3)19)10-11-20-14-8-6-5-7-9-14/h5-9,13,19H,10-12H2,1-4H3. The van der Waals surface area contributed by atoms with Crippen molar-refractivity contribution in [3.8, 4) is 5.75 Å². The molecule has 0 aromatic heterocycles. The summed E-state index contributed by atoms with van der Waals surface area (Å²) in [4.78, 5) is 13.7. The molecule has 1 atom stereocenters. The Morgan fingerprint density at radius 1 is 1.35 bits per heavy atom. The van der Waals surface area contributed by atoms with Gasteiger partial charge in [0.1, 0.15) is 5.75 Å². The maximum absolute atomic E-state index is 12.1. The van der Waals surface area contributed by atoms with Gasteiger partial charge in [-0.3, -0.25) is 4.79 Å². The van der Waals surface area contributed by atoms with Crippen molar-refractivity contribution in [2.24, 2.45) is 5.92 Å². The molecule has 0 radical (unpaired) electrons. The van der Waals surface area contributed by atoms with Crippen molar-refractivity contribution < 1.29 is 14.6 Å². The summed E-state index contributed by atoms with van der Waals surface area (Å²) in [6.07, 6.45) is 0.657. The molecule has 4 heteroatoms. The predicted molar refractivity (Wildman–Crippen MR) is 79.7 cm³/mol. The second-order valence-corrected chi connectivity index (χ2v) is 5.86. The van der Waals surface area contributed by atoms with Crippen LogP contribution in [0.25, 0.3) is 0 Å². The van der Waals surface area contributed by atoms with E-state index in [2.05, 4.69) is 0 Å². The van der Waals surface area contributed by atoms with E-state index in [-0.39, 0.29) is 11.8 Å². The van der Waals surface area contributed by atoms with Gasteiger partial charge in [0.05, 0.1) is 12.2 Å². The topological polar surface area (TPSA) is 49.8 Å². The summed E-state index contributed by atoms with van der Waals surface area (Å²) in [5, 5.41) is 9.72. The number of para-hydroxylation sites is 1. The van der Waals surface area contributed by atoms with Crippen LogP contribution >= 0.6 is 0 Å². The average Bonchev–Trinajstić information content (AvgIpc) is 2.37. The molecule has 0 saturated heterocycles. The fourth-order valence-electron chi connectivity index (χ4n) is 2.03. The van der Waals surface area contributed by atoms with Gasteiger partial charge >= 0.3 is 0 Å². The van der Waals surface area contributed by atoms with Gasteiger partial charge in [0, 0.05) is 19.5 Å². The van der Waals surface area contributed by atoms with Crippen molar-refractivity contribution in [3.63, 3.8) is 0 Å².